The first kappa shape index (κ1) is 22.1. The zero-order chi connectivity index (χ0) is 22.3. The minimum Gasteiger partial charge on any atom is -0.374 e. The Morgan fingerprint density at radius 1 is 1.00 bits per heavy atom. The van der Waals surface area contributed by atoms with Crippen molar-refractivity contribution in [2.45, 2.75) is 5.16 Å². The number of rotatable bonds is 8. The third-order valence-corrected chi connectivity index (χ3v) is 6.10. The summed E-state index contributed by atoms with van der Waals surface area (Å²) in [4.78, 5) is 10.9. The quantitative estimate of drug-likeness (QED) is 0.280. The molecular weight excluding hydrogens is 443 g/mol. The topological polar surface area (TPSA) is 34.0 Å². The van der Waals surface area contributed by atoms with Crippen molar-refractivity contribution >= 4 is 41.2 Å². The van der Waals surface area contributed by atoms with Crippen molar-refractivity contribution < 1.29 is 4.39 Å². The molecule has 2 heterocycles. The van der Waals surface area contributed by atoms with E-state index in [2.05, 4.69) is 26.5 Å². The zero-order valence-electron chi connectivity index (χ0n) is 17.5. The largest absolute Gasteiger partial charge is 0.374 e. The van der Waals surface area contributed by atoms with Crippen LogP contribution >= 0.6 is 23.4 Å². The van der Waals surface area contributed by atoms with Crippen LogP contribution in [0.1, 0.15) is 11.3 Å². The molecule has 4 rings (SSSR count). The predicted molar refractivity (Wildman–Crippen MR) is 132 cm³/mol. The van der Waals surface area contributed by atoms with Gasteiger partial charge in [0.05, 0.1) is 11.9 Å². The Bertz CT molecular complexity index is 1180. The van der Waals surface area contributed by atoms with Gasteiger partial charge in [0.25, 0.3) is 0 Å². The van der Waals surface area contributed by atoms with Crippen LogP contribution in [-0.4, -0.2) is 33.9 Å². The number of thioether (sulfide) groups is 1. The summed E-state index contributed by atoms with van der Waals surface area (Å²) in [6, 6.07) is 18.1. The third kappa shape index (κ3) is 5.58. The second-order valence-electron chi connectivity index (χ2n) is 7.14. The summed E-state index contributed by atoms with van der Waals surface area (Å²) in [5.41, 5.74) is 3.96. The van der Waals surface area contributed by atoms with Gasteiger partial charge in [0.15, 0.2) is 5.16 Å². The molecule has 4 aromatic rings. The van der Waals surface area contributed by atoms with Gasteiger partial charge in [-0.05, 0) is 60.2 Å². The number of pyridine rings is 1. The molecule has 0 aliphatic rings. The maximum absolute atomic E-state index is 13.2. The van der Waals surface area contributed by atoms with Gasteiger partial charge in [-0.3, -0.25) is 9.55 Å². The van der Waals surface area contributed by atoms with E-state index < -0.39 is 0 Å². The van der Waals surface area contributed by atoms with E-state index in [9.17, 15) is 4.39 Å². The summed E-state index contributed by atoms with van der Waals surface area (Å²) in [5, 5.41) is 1.58. The molecule has 0 radical (unpaired) electrons. The molecule has 0 amide bonds. The van der Waals surface area contributed by atoms with Crippen molar-refractivity contribution in [3.8, 4) is 5.69 Å². The van der Waals surface area contributed by atoms with Gasteiger partial charge < -0.3 is 4.90 Å². The van der Waals surface area contributed by atoms with Crippen LogP contribution in [0.15, 0.2) is 84.4 Å². The number of benzene rings is 2. The molecule has 162 valence electrons. The second kappa shape index (κ2) is 10.5. The summed E-state index contributed by atoms with van der Waals surface area (Å²) in [7, 11) is 2.07. The summed E-state index contributed by atoms with van der Waals surface area (Å²) in [5.74, 6) is 0.619. The number of halogens is 2. The number of imidazole rings is 1. The molecular formula is C25H22ClFN4S. The molecule has 0 unspecified atom stereocenters. The molecule has 32 heavy (non-hydrogen) atoms. The fourth-order valence-corrected chi connectivity index (χ4v) is 4.31. The SMILES string of the molecule is CN(CCSc1ncc(/C=C/c2ccc(F)cc2)n1-c1ccc(Cl)cc1)c1ccncc1. The van der Waals surface area contributed by atoms with Crippen LogP contribution in [0.3, 0.4) is 0 Å². The van der Waals surface area contributed by atoms with Crippen molar-refractivity contribution in [3.05, 3.63) is 101 Å². The molecule has 0 spiro atoms. The Kier molecular flexibility index (Phi) is 7.24. The summed E-state index contributed by atoms with van der Waals surface area (Å²) < 4.78 is 15.3. The Morgan fingerprint density at radius 3 is 2.44 bits per heavy atom. The number of anilines is 1. The van der Waals surface area contributed by atoms with Crippen molar-refractivity contribution in [2.24, 2.45) is 0 Å². The van der Waals surface area contributed by atoms with E-state index in [1.165, 1.54) is 12.1 Å². The third-order valence-electron chi connectivity index (χ3n) is 4.92. The number of hydrogen-bond acceptors (Lipinski definition) is 4. The fraction of sp³-hybridized carbons (Fsp3) is 0.120. The van der Waals surface area contributed by atoms with Gasteiger partial charge in [0.2, 0.25) is 0 Å². The maximum atomic E-state index is 13.2. The number of nitrogens with zero attached hydrogens (tertiary/aromatic N) is 4. The van der Waals surface area contributed by atoms with Gasteiger partial charge in [0.1, 0.15) is 5.82 Å². The first-order valence-electron chi connectivity index (χ1n) is 10.1. The predicted octanol–water partition coefficient (Wildman–Crippen LogP) is 6.46. The van der Waals surface area contributed by atoms with Gasteiger partial charge in [-0.2, -0.15) is 0 Å². The lowest BCUT2D eigenvalue weighted by molar-refractivity contribution is 0.628. The molecule has 0 aliphatic heterocycles. The first-order chi connectivity index (χ1) is 15.6. The van der Waals surface area contributed by atoms with Gasteiger partial charge >= 0.3 is 0 Å². The molecule has 0 bridgehead atoms. The molecule has 7 heteroatoms. The van der Waals surface area contributed by atoms with E-state index in [4.69, 9.17) is 11.6 Å². The summed E-state index contributed by atoms with van der Waals surface area (Å²) in [6.07, 6.45) is 9.39. The normalized spacial score (nSPS) is 11.2. The highest BCUT2D eigenvalue weighted by Crippen LogP contribution is 2.26. The van der Waals surface area contributed by atoms with Gasteiger partial charge in [-0.25, -0.2) is 9.37 Å². The average Bonchev–Trinajstić information content (AvgIpc) is 3.22. The monoisotopic (exact) mass is 464 g/mol. The molecule has 2 aromatic heterocycles. The molecule has 0 N–H and O–H groups in total. The zero-order valence-corrected chi connectivity index (χ0v) is 19.1. The molecule has 0 saturated heterocycles. The van der Waals surface area contributed by atoms with Crippen LogP contribution < -0.4 is 4.90 Å². The number of hydrogen-bond donors (Lipinski definition) is 0. The van der Waals surface area contributed by atoms with E-state index >= 15 is 0 Å². The summed E-state index contributed by atoms with van der Waals surface area (Å²) in [6.45, 7) is 0.864. The maximum Gasteiger partial charge on any atom is 0.173 e. The highest BCUT2D eigenvalue weighted by molar-refractivity contribution is 7.99. The van der Waals surface area contributed by atoms with Crippen molar-refractivity contribution in [3.63, 3.8) is 0 Å². The van der Waals surface area contributed by atoms with Crippen LogP contribution in [0.4, 0.5) is 10.1 Å². The van der Waals surface area contributed by atoms with E-state index in [1.807, 2.05) is 54.7 Å². The number of aromatic nitrogens is 3. The lowest BCUT2D eigenvalue weighted by atomic mass is 10.2. The summed E-state index contributed by atoms with van der Waals surface area (Å²) >= 11 is 7.79. The highest BCUT2D eigenvalue weighted by Gasteiger charge is 2.12. The second-order valence-corrected chi connectivity index (χ2v) is 8.64. The smallest absolute Gasteiger partial charge is 0.173 e. The minimum absolute atomic E-state index is 0.247. The van der Waals surface area contributed by atoms with Crippen molar-refractivity contribution in [1.82, 2.24) is 14.5 Å². The lowest BCUT2D eigenvalue weighted by Crippen LogP contribution is -2.20. The van der Waals surface area contributed by atoms with E-state index in [0.717, 1.165) is 40.1 Å². The molecule has 2 aromatic carbocycles. The Morgan fingerprint density at radius 2 is 1.72 bits per heavy atom. The Hall–Kier alpha value is -3.09. The van der Waals surface area contributed by atoms with Crippen LogP contribution in [-0.2, 0) is 0 Å². The average molecular weight is 465 g/mol. The van der Waals surface area contributed by atoms with Crippen LogP contribution in [0, 0.1) is 5.82 Å². The van der Waals surface area contributed by atoms with Crippen LogP contribution in [0.2, 0.25) is 5.02 Å². The Labute approximate surface area is 196 Å². The van der Waals surface area contributed by atoms with Crippen LogP contribution in [0.25, 0.3) is 17.8 Å². The lowest BCUT2D eigenvalue weighted by Gasteiger charge is -2.18. The van der Waals surface area contributed by atoms with E-state index in [0.29, 0.717) is 5.02 Å². The van der Waals surface area contributed by atoms with Gasteiger partial charge in [-0.1, -0.05) is 41.6 Å². The first-order valence-corrected chi connectivity index (χ1v) is 11.5. The minimum atomic E-state index is -0.247. The molecule has 0 atom stereocenters. The van der Waals surface area contributed by atoms with Gasteiger partial charge in [-0.15, -0.1) is 0 Å². The molecule has 0 fully saturated rings. The molecule has 0 saturated carbocycles. The standard InChI is InChI=1S/C25H22ClFN4S/c1-30(22-12-14-28-15-13-22)16-17-32-25-29-18-24(9-4-19-2-7-21(27)8-3-19)31(25)23-10-5-20(26)6-11-23/h2-15,18H,16-17H2,1H3/b9-4+. The van der Waals surface area contributed by atoms with Crippen LogP contribution in [0.5, 0.6) is 0 Å². The van der Waals surface area contributed by atoms with E-state index in [1.54, 1.807) is 36.3 Å². The Balaban J connectivity index is 1.55. The highest BCUT2D eigenvalue weighted by atomic mass is 35.5. The van der Waals surface area contributed by atoms with E-state index in [-0.39, 0.29) is 5.82 Å². The van der Waals surface area contributed by atoms with Crippen molar-refractivity contribution in [1.29, 1.82) is 0 Å². The van der Waals surface area contributed by atoms with Crippen molar-refractivity contribution in [2.75, 3.05) is 24.2 Å². The fourth-order valence-electron chi connectivity index (χ4n) is 3.17. The molecule has 0 aliphatic carbocycles. The van der Waals surface area contributed by atoms with Gasteiger partial charge in [0, 0.05) is 48.1 Å². The molecule has 4 nitrogen and oxygen atoms in total.